The van der Waals surface area contributed by atoms with E-state index >= 15 is 0 Å². The van der Waals surface area contributed by atoms with Gasteiger partial charge in [-0.05, 0) is 36.4 Å². The van der Waals surface area contributed by atoms with Crippen LogP contribution in [0.3, 0.4) is 0 Å². The summed E-state index contributed by atoms with van der Waals surface area (Å²) in [6.45, 7) is 1.41. The number of hydrogen-bond donors (Lipinski definition) is 0. The van der Waals surface area contributed by atoms with Crippen molar-refractivity contribution in [1.82, 2.24) is 0 Å². The molecule has 5 heteroatoms. The molecule has 0 unspecified atom stereocenters. The zero-order valence-corrected chi connectivity index (χ0v) is 13.3. The predicted octanol–water partition coefficient (Wildman–Crippen LogP) is 2.32. The molecular weight excluding hydrogens is 290 g/mol. The number of anilines is 3. The number of likely N-dealkylation sites (N-methyl/N-ethyl adjacent to an activating group) is 1. The fraction of sp³-hybridized carbons (Fsp3) is 0.278. The van der Waals surface area contributed by atoms with Crippen LogP contribution in [0.2, 0.25) is 0 Å². The summed E-state index contributed by atoms with van der Waals surface area (Å²) < 4.78 is 5.21. The van der Waals surface area contributed by atoms with Gasteiger partial charge in [0.05, 0.1) is 25.2 Å². The number of fused-ring (bicyclic) bond motifs is 3. The second-order valence-corrected chi connectivity index (χ2v) is 5.93. The van der Waals surface area contributed by atoms with Crippen LogP contribution in [0.15, 0.2) is 48.5 Å². The van der Waals surface area contributed by atoms with Crippen LogP contribution < -0.4 is 19.4 Å². The molecule has 0 N–H and O–H groups in total. The molecule has 1 saturated heterocycles. The zero-order valence-electron chi connectivity index (χ0n) is 13.3. The monoisotopic (exact) mass is 309 g/mol. The lowest BCUT2D eigenvalue weighted by atomic mass is 10.1. The summed E-state index contributed by atoms with van der Waals surface area (Å²) in [7, 11) is 3.52. The molecule has 2 heterocycles. The first-order valence-corrected chi connectivity index (χ1v) is 7.71. The predicted molar refractivity (Wildman–Crippen MR) is 91.3 cm³/mol. The van der Waals surface area contributed by atoms with Gasteiger partial charge in [-0.15, -0.1) is 0 Å². The first-order valence-electron chi connectivity index (χ1n) is 7.71. The summed E-state index contributed by atoms with van der Waals surface area (Å²) in [6.07, 6.45) is 0. The van der Waals surface area contributed by atoms with Crippen LogP contribution in [-0.2, 0) is 4.79 Å². The molecule has 4 rings (SSSR count). The Bertz CT molecular complexity index is 744. The molecule has 0 bridgehead atoms. The van der Waals surface area contributed by atoms with Crippen LogP contribution >= 0.6 is 0 Å². The zero-order chi connectivity index (χ0) is 16.0. The molecule has 0 saturated carbocycles. The maximum Gasteiger partial charge on any atom is 0.251 e. The van der Waals surface area contributed by atoms with E-state index in [1.807, 2.05) is 49.5 Å². The molecule has 118 valence electrons. The Kier molecular flexibility index (Phi) is 3.15. The van der Waals surface area contributed by atoms with Crippen molar-refractivity contribution < 1.29 is 9.53 Å². The SMILES string of the molecule is COc1ccc(N2C[C@H]3C(=O)N(C)c4ccccc4N3C2)cc1. The Morgan fingerprint density at radius 1 is 1.04 bits per heavy atom. The van der Waals surface area contributed by atoms with E-state index in [1.54, 1.807) is 12.0 Å². The molecule has 2 aliphatic rings. The molecule has 0 aliphatic carbocycles. The summed E-state index contributed by atoms with van der Waals surface area (Å²) in [5.41, 5.74) is 3.20. The highest BCUT2D eigenvalue weighted by atomic mass is 16.5. The van der Waals surface area contributed by atoms with E-state index in [4.69, 9.17) is 4.74 Å². The van der Waals surface area contributed by atoms with Gasteiger partial charge in [0.1, 0.15) is 11.8 Å². The van der Waals surface area contributed by atoms with E-state index in [2.05, 4.69) is 15.9 Å². The van der Waals surface area contributed by atoms with Crippen molar-refractivity contribution >= 4 is 23.0 Å². The van der Waals surface area contributed by atoms with Crippen molar-refractivity contribution in [3.8, 4) is 5.75 Å². The third-order valence-corrected chi connectivity index (χ3v) is 4.70. The van der Waals surface area contributed by atoms with Gasteiger partial charge in [0.25, 0.3) is 5.91 Å². The van der Waals surface area contributed by atoms with E-state index in [1.165, 1.54) is 0 Å². The average molecular weight is 309 g/mol. The van der Waals surface area contributed by atoms with Gasteiger partial charge in [-0.2, -0.15) is 0 Å². The molecule has 5 nitrogen and oxygen atoms in total. The standard InChI is InChI=1S/C18H19N3O2/c1-19-15-5-3-4-6-16(15)21-12-20(11-17(21)18(19)22)13-7-9-14(23-2)10-8-13/h3-10,17H,11-12H2,1-2H3/t17-/m0/s1. The molecule has 1 atom stereocenters. The molecule has 0 spiro atoms. The normalized spacial score (nSPS) is 19.7. The minimum Gasteiger partial charge on any atom is -0.497 e. The molecule has 2 aromatic carbocycles. The van der Waals surface area contributed by atoms with Crippen molar-refractivity contribution in [2.45, 2.75) is 6.04 Å². The Hall–Kier alpha value is -2.69. The number of carbonyl (C=O) groups excluding carboxylic acids is 1. The van der Waals surface area contributed by atoms with Gasteiger partial charge in [0, 0.05) is 19.3 Å². The number of amides is 1. The highest BCUT2D eigenvalue weighted by Gasteiger charge is 2.42. The Morgan fingerprint density at radius 2 is 1.74 bits per heavy atom. The second-order valence-electron chi connectivity index (χ2n) is 5.93. The van der Waals surface area contributed by atoms with Crippen molar-refractivity contribution in [2.75, 3.05) is 42.1 Å². The van der Waals surface area contributed by atoms with Gasteiger partial charge in [0.15, 0.2) is 0 Å². The van der Waals surface area contributed by atoms with Crippen LogP contribution in [0.4, 0.5) is 17.1 Å². The van der Waals surface area contributed by atoms with Crippen LogP contribution in [0, 0.1) is 0 Å². The molecule has 0 aromatic heterocycles. The largest absolute Gasteiger partial charge is 0.497 e. The number of hydrogen-bond acceptors (Lipinski definition) is 4. The third-order valence-electron chi connectivity index (χ3n) is 4.70. The summed E-state index contributed by atoms with van der Waals surface area (Å²) in [5, 5.41) is 0. The lowest BCUT2D eigenvalue weighted by Gasteiger charge is -2.36. The Labute approximate surface area is 135 Å². The fourth-order valence-corrected chi connectivity index (χ4v) is 3.42. The highest BCUT2D eigenvalue weighted by Crippen LogP contribution is 2.38. The van der Waals surface area contributed by atoms with Crippen molar-refractivity contribution in [3.63, 3.8) is 0 Å². The van der Waals surface area contributed by atoms with E-state index < -0.39 is 0 Å². The van der Waals surface area contributed by atoms with Gasteiger partial charge in [0.2, 0.25) is 0 Å². The van der Waals surface area contributed by atoms with Crippen LogP contribution in [-0.4, -0.2) is 39.3 Å². The fourth-order valence-electron chi connectivity index (χ4n) is 3.42. The Balaban J connectivity index is 1.67. The average Bonchev–Trinajstić information content (AvgIpc) is 3.05. The number of rotatable bonds is 2. The molecule has 0 radical (unpaired) electrons. The van der Waals surface area contributed by atoms with E-state index in [0.717, 1.165) is 22.8 Å². The van der Waals surface area contributed by atoms with E-state index in [0.29, 0.717) is 13.2 Å². The van der Waals surface area contributed by atoms with Crippen LogP contribution in [0.5, 0.6) is 5.75 Å². The quantitative estimate of drug-likeness (QED) is 0.853. The number of benzene rings is 2. The molecule has 23 heavy (non-hydrogen) atoms. The maximum absolute atomic E-state index is 12.7. The van der Waals surface area contributed by atoms with Gasteiger partial charge in [-0.25, -0.2) is 0 Å². The topological polar surface area (TPSA) is 36.0 Å². The number of ether oxygens (including phenoxy) is 1. The lowest BCUT2D eigenvalue weighted by Crippen LogP contribution is -2.50. The third kappa shape index (κ3) is 2.11. The number of nitrogens with zero attached hydrogens (tertiary/aromatic N) is 3. The summed E-state index contributed by atoms with van der Waals surface area (Å²) >= 11 is 0. The van der Waals surface area contributed by atoms with Gasteiger partial charge >= 0.3 is 0 Å². The van der Waals surface area contributed by atoms with E-state index in [9.17, 15) is 4.79 Å². The first kappa shape index (κ1) is 13.9. The van der Waals surface area contributed by atoms with Gasteiger partial charge in [-0.3, -0.25) is 4.79 Å². The van der Waals surface area contributed by atoms with Crippen molar-refractivity contribution in [2.24, 2.45) is 0 Å². The Morgan fingerprint density at radius 3 is 2.43 bits per heavy atom. The van der Waals surface area contributed by atoms with Crippen LogP contribution in [0.25, 0.3) is 0 Å². The number of para-hydroxylation sites is 2. The molecule has 1 fully saturated rings. The summed E-state index contributed by atoms with van der Waals surface area (Å²) in [4.78, 5) is 18.9. The first-order chi connectivity index (χ1) is 11.2. The van der Waals surface area contributed by atoms with Crippen LogP contribution in [0.1, 0.15) is 0 Å². The maximum atomic E-state index is 12.7. The molecule has 2 aliphatic heterocycles. The van der Waals surface area contributed by atoms with E-state index in [-0.39, 0.29) is 11.9 Å². The van der Waals surface area contributed by atoms with Crippen molar-refractivity contribution in [3.05, 3.63) is 48.5 Å². The molecular formula is C18H19N3O2. The van der Waals surface area contributed by atoms with Crippen molar-refractivity contribution in [1.29, 1.82) is 0 Å². The lowest BCUT2D eigenvalue weighted by molar-refractivity contribution is -0.119. The summed E-state index contributed by atoms with van der Waals surface area (Å²) in [5.74, 6) is 0.992. The van der Waals surface area contributed by atoms with Gasteiger partial charge in [-0.1, -0.05) is 12.1 Å². The highest BCUT2D eigenvalue weighted by molar-refractivity contribution is 6.06. The smallest absolute Gasteiger partial charge is 0.251 e. The van der Waals surface area contributed by atoms with Gasteiger partial charge < -0.3 is 19.4 Å². The summed E-state index contributed by atoms with van der Waals surface area (Å²) in [6, 6.07) is 15.9. The number of carbonyl (C=O) groups is 1. The minimum atomic E-state index is -0.128. The number of methoxy groups -OCH3 is 1. The molecule has 2 aromatic rings. The second kappa shape index (κ2) is 5.19. The molecule has 1 amide bonds. The minimum absolute atomic E-state index is 0.128.